The van der Waals surface area contributed by atoms with Crippen LogP contribution in [-0.2, 0) is 0 Å². The first kappa shape index (κ1) is 9.77. The highest BCUT2D eigenvalue weighted by Gasteiger charge is 2.08. The van der Waals surface area contributed by atoms with Crippen molar-refractivity contribution in [1.82, 2.24) is 9.97 Å². The van der Waals surface area contributed by atoms with Gasteiger partial charge in [-0.1, -0.05) is 23.4 Å². The Morgan fingerprint density at radius 1 is 1.67 bits per heavy atom. The molecule has 1 rings (SSSR count). The number of nitrogens with zero attached hydrogens (tertiary/aromatic N) is 2. The fraction of sp³-hybridized carbons (Fsp3) is 0.429. The Morgan fingerprint density at radius 2 is 2.33 bits per heavy atom. The van der Waals surface area contributed by atoms with E-state index < -0.39 is 6.10 Å². The molecule has 5 heteroatoms. The largest absolute Gasteiger partial charge is 0.389 e. The predicted octanol–water partition coefficient (Wildman–Crippen LogP) is 1.91. The predicted molar refractivity (Wildman–Crippen MR) is 49.5 cm³/mol. The molecule has 0 aliphatic heterocycles. The van der Waals surface area contributed by atoms with Gasteiger partial charge in [-0.05, 0) is 13.2 Å². The molecule has 3 nitrogen and oxygen atoms in total. The van der Waals surface area contributed by atoms with E-state index >= 15 is 0 Å². The lowest BCUT2D eigenvalue weighted by Crippen LogP contribution is -1.97. The highest BCUT2D eigenvalue weighted by atomic mass is 35.5. The van der Waals surface area contributed by atoms with Gasteiger partial charge < -0.3 is 5.11 Å². The van der Waals surface area contributed by atoms with Gasteiger partial charge in [0.15, 0.2) is 5.16 Å². The maximum absolute atomic E-state index is 9.20. The molecule has 1 heterocycles. The van der Waals surface area contributed by atoms with Crippen LogP contribution in [0.15, 0.2) is 11.4 Å². The molecule has 0 fully saturated rings. The molecule has 0 spiro atoms. The normalized spacial score (nSPS) is 13.0. The average Bonchev–Trinajstić information content (AvgIpc) is 2.03. The fourth-order valence-corrected chi connectivity index (χ4v) is 1.41. The van der Waals surface area contributed by atoms with Crippen LogP contribution in [0, 0.1) is 0 Å². The fourth-order valence-electron chi connectivity index (χ4n) is 0.734. The molecule has 0 aliphatic carbocycles. The quantitative estimate of drug-likeness (QED) is 0.454. The maximum atomic E-state index is 9.20. The Morgan fingerprint density at radius 3 is 2.75 bits per heavy atom. The molecule has 1 N–H and O–H groups in total. The Kier molecular flexibility index (Phi) is 3.31. The van der Waals surface area contributed by atoms with Crippen molar-refractivity contribution in [1.29, 1.82) is 0 Å². The van der Waals surface area contributed by atoms with E-state index in [1.54, 1.807) is 13.1 Å². The number of aliphatic hydroxyl groups is 1. The van der Waals surface area contributed by atoms with Crippen LogP contribution < -0.4 is 0 Å². The van der Waals surface area contributed by atoms with Gasteiger partial charge in [0.1, 0.15) is 5.15 Å². The molecular formula is C7H9ClN2OS. The molecule has 1 aromatic heterocycles. The van der Waals surface area contributed by atoms with Crippen LogP contribution in [0.25, 0.3) is 0 Å². The zero-order valence-electron chi connectivity index (χ0n) is 6.78. The maximum Gasteiger partial charge on any atom is 0.188 e. The smallest absolute Gasteiger partial charge is 0.188 e. The zero-order chi connectivity index (χ0) is 9.14. The van der Waals surface area contributed by atoms with Gasteiger partial charge in [0, 0.05) is 11.8 Å². The van der Waals surface area contributed by atoms with E-state index in [9.17, 15) is 5.11 Å². The molecule has 0 amide bonds. The van der Waals surface area contributed by atoms with E-state index in [0.29, 0.717) is 15.9 Å². The average molecular weight is 205 g/mol. The summed E-state index contributed by atoms with van der Waals surface area (Å²) in [6.07, 6.45) is 2.80. The van der Waals surface area contributed by atoms with Crippen LogP contribution in [0.1, 0.15) is 18.6 Å². The minimum Gasteiger partial charge on any atom is -0.389 e. The molecule has 66 valence electrons. The number of rotatable bonds is 2. The van der Waals surface area contributed by atoms with Crippen molar-refractivity contribution >= 4 is 23.4 Å². The molecule has 0 aromatic carbocycles. The lowest BCUT2D eigenvalue weighted by atomic mass is 10.2. The monoisotopic (exact) mass is 204 g/mol. The van der Waals surface area contributed by atoms with Crippen LogP contribution in [0.3, 0.4) is 0 Å². The van der Waals surface area contributed by atoms with Gasteiger partial charge in [-0.3, -0.25) is 0 Å². The van der Waals surface area contributed by atoms with Crippen molar-refractivity contribution in [2.45, 2.75) is 18.2 Å². The molecular weight excluding hydrogens is 196 g/mol. The molecule has 0 saturated heterocycles. The Balaban J connectivity index is 3.03. The Bertz CT molecular complexity index is 280. The lowest BCUT2D eigenvalue weighted by Gasteiger charge is -2.05. The van der Waals surface area contributed by atoms with Crippen molar-refractivity contribution in [3.8, 4) is 0 Å². The summed E-state index contributed by atoms with van der Waals surface area (Å²) in [4.78, 5) is 7.96. The number of aliphatic hydroxyl groups excluding tert-OH is 1. The molecule has 0 aliphatic rings. The van der Waals surface area contributed by atoms with Crippen molar-refractivity contribution in [3.05, 3.63) is 16.9 Å². The van der Waals surface area contributed by atoms with Gasteiger partial charge in [-0.15, -0.1) is 0 Å². The van der Waals surface area contributed by atoms with E-state index in [1.165, 1.54) is 11.8 Å². The summed E-state index contributed by atoms with van der Waals surface area (Å²) in [6, 6.07) is 0. The van der Waals surface area contributed by atoms with Gasteiger partial charge in [0.05, 0.1) is 6.10 Å². The van der Waals surface area contributed by atoms with E-state index in [2.05, 4.69) is 9.97 Å². The zero-order valence-corrected chi connectivity index (χ0v) is 8.35. The molecule has 0 radical (unpaired) electrons. The van der Waals surface area contributed by atoms with Crippen molar-refractivity contribution in [3.63, 3.8) is 0 Å². The first-order valence-electron chi connectivity index (χ1n) is 3.39. The highest BCUT2D eigenvalue weighted by Crippen LogP contribution is 2.21. The first-order chi connectivity index (χ1) is 5.65. The van der Waals surface area contributed by atoms with Crippen LogP contribution in [-0.4, -0.2) is 21.3 Å². The Hall–Kier alpha value is -0.320. The minimum absolute atomic E-state index is 0.323. The lowest BCUT2D eigenvalue weighted by molar-refractivity contribution is 0.198. The first-order valence-corrected chi connectivity index (χ1v) is 5.00. The van der Waals surface area contributed by atoms with Crippen molar-refractivity contribution < 1.29 is 5.11 Å². The second-order valence-electron chi connectivity index (χ2n) is 2.28. The van der Waals surface area contributed by atoms with E-state index in [0.717, 1.165) is 0 Å². The highest BCUT2D eigenvalue weighted by molar-refractivity contribution is 7.98. The molecule has 12 heavy (non-hydrogen) atoms. The number of halogens is 1. The van der Waals surface area contributed by atoms with Crippen LogP contribution in [0.5, 0.6) is 0 Å². The summed E-state index contributed by atoms with van der Waals surface area (Å²) in [5.41, 5.74) is 0.564. The summed E-state index contributed by atoms with van der Waals surface area (Å²) < 4.78 is 0. The third-order valence-corrected chi connectivity index (χ3v) is 2.24. The third kappa shape index (κ3) is 2.09. The SMILES string of the molecule is CSc1ncc(C(C)O)c(Cl)n1. The molecule has 1 unspecified atom stereocenters. The summed E-state index contributed by atoms with van der Waals surface area (Å²) in [7, 11) is 0. The molecule has 0 saturated carbocycles. The topological polar surface area (TPSA) is 46.0 Å². The minimum atomic E-state index is -0.617. The van der Waals surface area contributed by atoms with Crippen LogP contribution in [0.2, 0.25) is 5.15 Å². The number of thioether (sulfide) groups is 1. The second kappa shape index (κ2) is 4.07. The number of aromatic nitrogens is 2. The van der Waals surface area contributed by atoms with Crippen molar-refractivity contribution in [2.24, 2.45) is 0 Å². The van der Waals surface area contributed by atoms with E-state index in [1.807, 2.05) is 6.26 Å². The summed E-state index contributed by atoms with van der Waals surface area (Å²) in [5, 5.41) is 10.1. The van der Waals surface area contributed by atoms with Gasteiger partial charge in [0.25, 0.3) is 0 Å². The van der Waals surface area contributed by atoms with Crippen LogP contribution >= 0.6 is 23.4 Å². The van der Waals surface area contributed by atoms with Crippen molar-refractivity contribution in [2.75, 3.05) is 6.26 Å². The molecule has 1 aromatic rings. The van der Waals surface area contributed by atoms with Crippen LogP contribution in [0.4, 0.5) is 0 Å². The van der Waals surface area contributed by atoms with Gasteiger partial charge in [-0.25, -0.2) is 9.97 Å². The summed E-state index contributed by atoms with van der Waals surface area (Å²) >= 11 is 7.19. The molecule has 0 bridgehead atoms. The standard InChI is InChI=1S/C7H9ClN2OS/c1-4(11)5-3-9-7(12-2)10-6(5)8/h3-4,11H,1-2H3. The van der Waals surface area contributed by atoms with Gasteiger partial charge in [-0.2, -0.15) is 0 Å². The number of hydrogen-bond donors (Lipinski definition) is 1. The second-order valence-corrected chi connectivity index (χ2v) is 3.41. The Labute approximate surface area is 80.2 Å². The van der Waals surface area contributed by atoms with E-state index in [4.69, 9.17) is 11.6 Å². The molecule has 1 atom stereocenters. The van der Waals surface area contributed by atoms with Gasteiger partial charge >= 0.3 is 0 Å². The number of hydrogen-bond acceptors (Lipinski definition) is 4. The van der Waals surface area contributed by atoms with Gasteiger partial charge in [0.2, 0.25) is 0 Å². The third-order valence-electron chi connectivity index (χ3n) is 1.38. The van der Waals surface area contributed by atoms with E-state index in [-0.39, 0.29) is 0 Å². The summed E-state index contributed by atoms with van der Waals surface area (Å²) in [6.45, 7) is 1.63. The summed E-state index contributed by atoms with van der Waals surface area (Å²) in [5.74, 6) is 0.